The molecule has 0 bridgehead atoms. The average Bonchev–Trinajstić information content (AvgIpc) is 2.71. The predicted molar refractivity (Wildman–Crippen MR) is 70.7 cm³/mol. The molecule has 4 nitrogen and oxygen atoms in total. The minimum absolute atomic E-state index is 0.456. The Labute approximate surface area is 109 Å². The molecule has 0 aliphatic heterocycles. The molecule has 2 aromatic rings. The van der Waals surface area contributed by atoms with Crippen LogP contribution in [0, 0.1) is 20.8 Å². The molecule has 1 N–H and O–H groups in total. The highest BCUT2D eigenvalue weighted by molar-refractivity contribution is 7.09. The third kappa shape index (κ3) is 2.73. The molecule has 0 fully saturated rings. The van der Waals surface area contributed by atoms with Gasteiger partial charge in [0.1, 0.15) is 0 Å². The minimum Gasteiger partial charge on any atom is -0.363 e. The van der Waals surface area contributed by atoms with E-state index in [9.17, 15) is 0 Å². The molecule has 0 aliphatic carbocycles. The lowest BCUT2D eigenvalue weighted by atomic mass is 10.2. The van der Waals surface area contributed by atoms with Crippen molar-refractivity contribution >= 4 is 28.8 Å². The van der Waals surface area contributed by atoms with E-state index in [0.29, 0.717) is 11.7 Å². The number of anilines is 1. The van der Waals surface area contributed by atoms with Gasteiger partial charge in [0.15, 0.2) is 11.0 Å². The monoisotopic (exact) mass is 268 g/mol. The summed E-state index contributed by atoms with van der Waals surface area (Å²) in [6, 6.07) is 0. The van der Waals surface area contributed by atoms with Crippen LogP contribution in [0.3, 0.4) is 0 Å². The molecule has 17 heavy (non-hydrogen) atoms. The van der Waals surface area contributed by atoms with Gasteiger partial charge >= 0.3 is 0 Å². The fourth-order valence-corrected chi connectivity index (χ4v) is 2.20. The molecule has 0 atom stereocenters. The van der Waals surface area contributed by atoms with Crippen molar-refractivity contribution in [1.29, 1.82) is 0 Å². The van der Waals surface area contributed by atoms with Crippen molar-refractivity contribution < 1.29 is 0 Å². The van der Waals surface area contributed by atoms with Crippen LogP contribution in [0.5, 0.6) is 0 Å². The summed E-state index contributed by atoms with van der Waals surface area (Å²) in [5.74, 6) is 0.762. The number of aryl methyl sites for hydroxylation is 1. The van der Waals surface area contributed by atoms with E-state index in [0.717, 1.165) is 27.6 Å². The van der Waals surface area contributed by atoms with Crippen molar-refractivity contribution in [2.24, 2.45) is 0 Å². The van der Waals surface area contributed by atoms with Gasteiger partial charge in [-0.15, -0.1) is 21.5 Å². The summed E-state index contributed by atoms with van der Waals surface area (Å²) in [4.78, 5) is 4.38. The zero-order valence-corrected chi connectivity index (χ0v) is 11.5. The Balaban J connectivity index is 2.12. The molecule has 0 unspecified atom stereocenters. The minimum atomic E-state index is 0.456. The standard InChI is InChI=1S/C11H13ClN4S/c1-6-7(2)11(16-15-10(6)12)13-4-9-5-17-8(3)14-9/h5H,4H2,1-3H3,(H,13,16). The van der Waals surface area contributed by atoms with E-state index in [1.165, 1.54) is 0 Å². The predicted octanol–water partition coefficient (Wildman–Crippen LogP) is 3.12. The quantitative estimate of drug-likeness (QED) is 0.929. The molecule has 6 heteroatoms. The number of hydrogen-bond acceptors (Lipinski definition) is 5. The van der Waals surface area contributed by atoms with Crippen LogP contribution in [-0.2, 0) is 6.54 Å². The number of rotatable bonds is 3. The number of halogens is 1. The maximum Gasteiger partial charge on any atom is 0.155 e. The van der Waals surface area contributed by atoms with E-state index < -0.39 is 0 Å². The summed E-state index contributed by atoms with van der Waals surface area (Å²) in [6.07, 6.45) is 0. The first-order valence-corrected chi connectivity index (χ1v) is 6.48. The van der Waals surface area contributed by atoms with Crippen molar-refractivity contribution in [3.63, 3.8) is 0 Å². The molecule has 0 radical (unpaired) electrons. The largest absolute Gasteiger partial charge is 0.363 e. The number of thiazole rings is 1. The first-order valence-electron chi connectivity index (χ1n) is 5.22. The van der Waals surface area contributed by atoms with Gasteiger partial charge < -0.3 is 5.32 Å². The third-order valence-electron chi connectivity index (χ3n) is 2.57. The Bertz CT molecular complexity index is 538. The van der Waals surface area contributed by atoms with Crippen molar-refractivity contribution in [3.8, 4) is 0 Å². The molecular formula is C11H13ClN4S. The molecule has 0 saturated heterocycles. The van der Waals surface area contributed by atoms with Crippen LogP contribution in [0.4, 0.5) is 5.82 Å². The SMILES string of the molecule is Cc1nc(CNc2nnc(Cl)c(C)c2C)cs1. The fraction of sp³-hybridized carbons (Fsp3) is 0.364. The number of hydrogen-bond donors (Lipinski definition) is 1. The lowest BCUT2D eigenvalue weighted by Gasteiger charge is -2.09. The van der Waals surface area contributed by atoms with E-state index in [-0.39, 0.29) is 0 Å². The molecule has 0 amide bonds. The Hall–Kier alpha value is -1.20. The highest BCUT2D eigenvalue weighted by Crippen LogP contribution is 2.21. The van der Waals surface area contributed by atoms with E-state index in [1.54, 1.807) is 11.3 Å². The topological polar surface area (TPSA) is 50.7 Å². The first-order chi connectivity index (χ1) is 8.08. The number of nitrogens with zero attached hydrogens (tertiary/aromatic N) is 3. The zero-order valence-electron chi connectivity index (χ0n) is 9.91. The second-order valence-electron chi connectivity index (χ2n) is 3.80. The first kappa shape index (κ1) is 12.3. The highest BCUT2D eigenvalue weighted by atomic mass is 35.5. The maximum absolute atomic E-state index is 5.89. The Morgan fingerprint density at radius 1 is 1.24 bits per heavy atom. The maximum atomic E-state index is 5.89. The Morgan fingerprint density at radius 3 is 2.65 bits per heavy atom. The van der Waals surface area contributed by atoms with Crippen LogP contribution in [0.15, 0.2) is 5.38 Å². The molecule has 2 rings (SSSR count). The van der Waals surface area contributed by atoms with Crippen molar-refractivity contribution in [1.82, 2.24) is 15.2 Å². The van der Waals surface area contributed by atoms with Crippen LogP contribution in [0.2, 0.25) is 5.15 Å². The van der Waals surface area contributed by atoms with Gasteiger partial charge in [-0.3, -0.25) is 0 Å². The van der Waals surface area contributed by atoms with Gasteiger partial charge in [-0.25, -0.2) is 4.98 Å². The van der Waals surface area contributed by atoms with Crippen LogP contribution in [0.1, 0.15) is 21.8 Å². The van der Waals surface area contributed by atoms with Gasteiger partial charge in [0.05, 0.1) is 17.2 Å². The van der Waals surface area contributed by atoms with E-state index in [4.69, 9.17) is 11.6 Å². The van der Waals surface area contributed by atoms with Crippen LogP contribution >= 0.6 is 22.9 Å². The van der Waals surface area contributed by atoms with Gasteiger partial charge in [-0.1, -0.05) is 11.6 Å². The summed E-state index contributed by atoms with van der Waals surface area (Å²) in [5, 5.41) is 14.7. The fourth-order valence-electron chi connectivity index (χ4n) is 1.41. The molecule has 2 aromatic heterocycles. The summed E-state index contributed by atoms with van der Waals surface area (Å²) in [5.41, 5.74) is 3.00. The van der Waals surface area contributed by atoms with Crippen LogP contribution in [-0.4, -0.2) is 15.2 Å². The zero-order chi connectivity index (χ0) is 12.4. The molecule has 0 spiro atoms. The molecule has 90 valence electrons. The smallest absolute Gasteiger partial charge is 0.155 e. The van der Waals surface area contributed by atoms with Gasteiger partial charge in [-0.2, -0.15) is 0 Å². The second-order valence-corrected chi connectivity index (χ2v) is 5.22. The molecule has 0 aliphatic rings. The average molecular weight is 269 g/mol. The Kier molecular flexibility index (Phi) is 3.59. The van der Waals surface area contributed by atoms with E-state index >= 15 is 0 Å². The third-order valence-corrected chi connectivity index (χ3v) is 3.75. The molecular weight excluding hydrogens is 256 g/mol. The number of nitrogens with one attached hydrogen (secondary N) is 1. The van der Waals surface area contributed by atoms with Gasteiger partial charge in [0.25, 0.3) is 0 Å². The molecule has 0 saturated carbocycles. The van der Waals surface area contributed by atoms with Crippen molar-refractivity contribution in [2.75, 3.05) is 5.32 Å². The van der Waals surface area contributed by atoms with Crippen molar-refractivity contribution in [3.05, 3.63) is 32.4 Å². The summed E-state index contributed by atoms with van der Waals surface area (Å²) < 4.78 is 0. The lowest BCUT2D eigenvalue weighted by Crippen LogP contribution is -2.06. The van der Waals surface area contributed by atoms with Crippen LogP contribution < -0.4 is 5.32 Å². The molecule has 2 heterocycles. The van der Waals surface area contributed by atoms with Gasteiger partial charge in [0.2, 0.25) is 0 Å². The lowest BCUT2D eigenvalue weighted by molar-refractivity contribution is 0.958. The highest BCUT2D eigenvalue weighted by Gasteiger charge is 2.08. The van der Waals surface area contributed by atoms with E-state index in [1.807, 2.05) is 26.2 Å². The Morgan fingerprint density at radius 2 is 2.00 bits per heavy atom. The van der Waals surface area contributed by atoms with Gasteiger partial charge in [-0.05, 0) is 31.9 Å². The second kappa shape index (κ2) is 4.98. The van der Waals surface area contributed by atoms with Gasteiger partial charge in [0, 0.05) is 5.38 Å². The summed E-state index contributed by atoms with van der Waals surface area (Å²) in [6.45, 7) is 6.56. The van der Waals surface area contributed by atoms with E-state index in [2.05, 4.69) is 20.5 Å². The van der Waals surface area contributed by atoms with Crippen LogP contribution in [0.25, 0.3) is 0 Å². The molecule has 0 aromatic carbocycles. The normalized spacial score (nSPS) is 10.6. The summed E-state index contributed by atoms with van der Waals surface area (Å²) in [7, 11) is 0. The summed E-state index contributed by atoms with van der Waals surface area (Å²) >= 11 is 7.54. The van der Waals surface area contributed by atoms with Crippen molar-refractivity contribution in [2.45, 2.75) is 27.3 Å². The number of aromatic nitrogens is 3.